The van der Waals surface area contributed by atoms with Crippen LogP contribution in [0.15, 0.2) is 53.5 Å². The van der Waals surface area contributed by atoms with Gasteiger partial charge in [0.05, 0.1) is 11.6 Å². The lowest BCUT2D eigenvalue weighted by atomic mass is 9.84. The Labute approximate surface area is 145 Å². The Morgan fingerprint density at radius 1 is 1.28 bits per heavy atom. The van der Waals surface area contributed by atoms with Gasteiger partial charge in [-0.15, -0.1) is 0 Å². The second-order valence-electron chi connectivity index (χ2n) is 6.35. The number of amides is 1. The third-order valence-corrected chi connectivity index (χ3v) is 4.41. The summed E-state index contributed by atoms with van der Waals surface area (Å²) in [5.41, 5.74) is 11.8. The van der Waals surface area contributed by atoms with E-state index in [0.717, 1.165) is 5.56 Å². The van der Waals surface area contributed by atoms with Crippen molar-refractivity contribution in [2.45, 2.75) is 25.0 Å². The van der Waals surface area contributed by atoms with Crippen LogP contribution in [-0.4, -0.2) is 18.3 Å². The lowest BCUT2D eigenvalue weighted by Crippen LogP contribution is -2.26. The second kappa shape index (κ2) is 6.64. The third-order valence-electron chi connectivity index (χ3n) is 4.41. The van der Waals surface area contributed by atoms with Crippen molar-refractivity contribution in [3.63, 3.8) is 0 Å². The fraction of sp³-hybridized carbons (Fsp3) is 0.263. The highest BCUT2D eigenvalue weighted by Gasteiger charge is 2.36. The van der Waals surface area contributed by atoms with Gasteiger partial charge in [-0.2, -0.15) is 0 Å². The number of benzene rings is 2. The Morgan fingerprint density at radius 2 is 2.00 bits per heavy atom. The summed E-state index contributed by atoms with van der Waals surface area (Å²) in [6.45, 7) is 1.94. The van der Waals surface area contributed by atoms with Gasteiger partial charge in [0.1, 0.15) is 18.3 Å². The molecule has 0 radical (unpaired) electrons. The average molecular weight is 341 g/mol. The SMILES string of the molecule is C[C@@]1(c2cc(C(N)=O)ccc2F)C[C@@H](c2ccccc2)OCC(N)=N1. The number of aliphatic imine (C=N–C) groups is 1. The molecule has 0 fully saturated rings. The average Bonchev–Trinajstić information content (AvgIpc) is 2.74. The Morgan fingerprint density at radius 3 is 2.68 bits per heavy atom. The quantitative estimate of drug-likeness (QED) is 0.899. The predicted octanol–water partition coefficient (Wildman–Crippen LogP) is 2.66. The molecule has 1 amide bonds. The van der Waals surface area contributed by atoms with Gasteiger partial charge in [0.25, 0.3) is 0 Å². The van der Waals surface area contributed by atoms with E-state index in [1.165, 1.54) is 18.2 Å². The molecule has 0 aliphatic carbocycles. The molecule has 6 heteroatoms. The first-order chi connectivity index (χ1) is 11.9. The smallest absolute Gasteiger partial charge is 0.248 e. The molecule has 4 N–H and O–H groups in total. The molecule has 0 aromatic heterocycles. The number of nitrogens with two attached hydrogens (primary N) is 2. The molecule has 1 aliphatic rings. The van der Waals surface area contributed by atoms with Gasteiger partial charge >= 0.3 is 0 Å². The fourth-order valence-corrected chi connectivity index (χ4v) is 3.14. The largest absolute Gasteiger partial charge is 0.386 e. The number of ether oxygens (including phenoxy) is 1. The van der Waals surface area contributed by atoms with Crippen molar-refractivity contribution in [1.82, 2.24) is 0 Å². The standard InChI is InChI=1S/C19H20FN3O2/c1-19(14-9-13(18(22)24)7-8-15(14)20)10-16(25-11-17(21)23-19)12-5-3-2-4-6-12/h2-9,16H,10-11H2,1H3,(H2,21,23)(H2,22,24)/t16-,19-/m0/s1. The van der Waals surface area contributed by atoms with Crippen molar-refractivity contribution in [1.29, 1.82) is 0 Å². The van der Waals surface area contributed by atoms with Gasteiger partial charge in [-0.05, 0) is 30.7 Å². The van der Waals surface area contributed by atoms with Crippen LogP contribution in [0, 0.1) is 5.82 Å². The molecule has 5 nitrogen and oxygen atoms in total. The normalized spacial score (nSPS) is 23.6. The van der Waals surface area contributed by atoms with Crippen LogP contribution < -0.4 is 11.5 Å². The minimum Gasteiger partial charge on any atom is -0.386 e. The Balaban J connectivity index is 2.06. The molecule has 25 heavy (non-hydrogen) atoms. The Hall–Kier alpha value is -2.73. The lowest BCUT2D eigenvalue weighted by Gasteiger charge is -2.29. The molecule has 0 bridgehead atoms. The zero-order valence-electron chi connectivity index (χ0n) is 13.9. The minimum atomic E-state index is -0.976. The number of primary amides is 1. The minimum absolute atomic E-state index is 0.159. The van der Waals surface area contributed by atoms with Gasteiger partial charge in [0.15, 0.2) is 0 Å². The van der Waals surface area contributed by atoms with Crippen LogP contribution >= 0.6 is 0 Å². The van der Waals surface area contributed by atoms with E-state index in [4.69, 9.17) is 16.2 Å². The molecule has 130 valence electrons. The van der Waals surface area contributed by atoms with Crippen molar-refractivity contribution in [2.24, 2.45) is 16.5 Å². The van der Waals surface area contributed by atoms with Gasteiger partial charge in [0.2, 0.25) is 5.91 Å². The summed E-state index contributed by atoms with van der Waals surface area (Å²) < 4.78 is 20.4. The number of carbonyl (C=O) groups excluding carboxylic acids is 1. The van der Waals surface area contributed by atoms with Crippen molar-refractivity contribution in [3.8, 4) is 0 Å². The van der Waals surface area contributed by atoms with E-state index in [9.17, 15) is 9.18 Å². The summed E-state index contributed by atoms with van der Waals surface area (Å²) >= 11 is 0. The van der Waals surface area contributed by atoms with Gasteiger partial charge in [-0.3, -0.25) is 9.79 Å². The number of carbonyl (C=O) groups is 1. The molecule has 1 heterocycles. The monoisotopic (exact) mass is 341 g/mol. The first-order valence-electron chi connectivity index (χ1n) is 7.99. The molecule has 2 atom stereocenters. The third kappa shape index (κ3) is 3.53. The van der Waals surface area contributed by atoms with Crippen LogP contribution in [0.25, 0.3) is 0 Å². The van der Waals surface area contributed by atoms with E-state index in [1.807, 2.05) is 30.3 Å². The van der Waals surface area contributed by atoms with Crippen LogP contribution in [0.3, 0.4) is 0 Å². The predicted molar refractivity (Wildman–Crippen MR) is 93.6 cm³/mol. The maximum Gasteiger partial charge on any atom is 0.248 e. The topological polar surface area (TPSA) is 90.7 Å². The number of amidine groups is 1. The van der Waals surface area contributed by atoms with Crippen LogP contribution in [0.1, 0.15) is 40.9 Å². The van der Waals surface area contributed by atoms with E-state index in [2.05, 4.69) is 4.99 Å². The Bertz CT molecular complexity index is 823. The molecule has 1 aliphatic heterocycles. The van der Waals surface area contributed by atoms with Gasteiger partial charge < -0.3 is 16.2 Å². The summed E-state index contributed by atoms with van der Waals surface area (Å²) in [6, 6.07) is 13.7. The van der Waals surface area contributed by atoms with Crippen LogP contribution in [0.2, 0.25) is 0 Å². The summed E-state index contributed by atoms with van der Waals surface area (Å²) in [5.74, 6) is -0.797. The molecule has 0 spiro atoms. The zero-order chi connectivity index (χ0) is 18.0. The highest BCUT2D eigenvalue weighted by molar-refractivity contribution is 5.93. The van der Waals surface area contributed by atoms with Crippen molar-refractivity contribution in [2.75, 3.05) is 6.61 Å². The van der Waals surface area contributed by atoms with Gasteiger partial charge in [0, 0.05) is 17.5 Å². The molecule has 0 saturated heterocycles. The number of nitrogens with zero attached hydrogens (tertiary/aromatic N) is 1. The highest BCUT2D eigenvalue weighted by atomic mass is 19.1. The van der Waals surface area contributed by atoms with Crippen LogP contribution in [0.5, 0.6) is 0 Å². The van der Waals surface area contributed by atoms with Crippen LogP contribution in [-0.2, 0) is 10.3 Å². The molecule has 0 saturated carbocycles. The molecule has 2 aromatic rings. The first kappa shape index (κ1) is 17.1. The maximum absolute atomic E-state index is 14.5. The van der Waals surface area contributed by atoms with E-state index in [0.29, 0.717) is 6.42 Å². The second-order valence-corrected chi connectivity index (χ2v) is 6.35. The lowest BCUT2D eigenvalue weighted by molar-refractivity contribution is 0.0647. The van der Waals surface area contributed by atoms with Crippen molar-refractivity contribution < 1.29 is 13.9 Å². The van der Waals surface area contributed by atoms with Crippen LogP contribution in [0.4, 0.5) is 4.39 Å². The summed E-state index contributed by atoms with van der Waals surface area (Å²) in [6.07, 6.45) is 0.0873. The summed E-state index contributed by atoms with van der Waals surface area (Å²) in [4.78, 5) is 16.0. The van der Waals surface area contributed by atoms with E-state index in [-0.39, 0.29) is 29.7 Å². The van der Waals surface area contributed by atoms with Crippen molar-refractivity contribution in [3.05, 3.63) is 71.0 Å². The number of halogens is 1. The molecule has 2 aromatic carbocycles. The Kier molecular flexibility index (Phi) is 4.55. The van der Waals surface area contributed by atoms with Gasteiger partial charge in [-0.25, -0.2) is 4.39 Å². The highest BCUT2D eigenvalue weighted by Crippen LogP contribution is 2.40. The summed E-state index contributed by atoms with van der Waals surface area (Å²) in [7, 11) is 0. The van der Waals surface area contributed by atoms with Gasteiger partial charge in [-0.1, -0.05) is 30.3 Å². The maximum atomic E-state index is 14.5. The van der Waals surface area contributed by atoms with E-state index < -0.39 is 17.3 Å². The zero-order valence-corrected chi connectivity index (χ0v) is 13.9. The number of rotatable bonds is 3. The van der Waals surface area contributed by atoms with E-state index >= 15 is 0 Å². The molecule has 0 unspecified atom stereocenters. The number of hydrogen-bond acceptors (Lipinski definition) is 4. The summed E-state index contributed by atoms with van der Waals surface area (Å²) in [5, 5.41) is 0. The molecular formula is C19H20FN3O2. The van der Waals surface area contributed by atoms with E-state index in [1.54, 1.807) is 6.92 Å². The fourth-order valence-electron chi connectivity index (χ4n) is 3.14. The first-order valence-corrected chi connectivity index (χ1v) is 7.99. The number of hydrogen-bond donors (Lipinski definition) is 2. The molecule has 3 rings (SSSR count). The van der Waals surface area contributed by atoms with Crippen molar-refractivity contribution >= 4 is 11.7 Å². The molecular weight excluding hydrogens is 321 g/mol.